The predicted molar refractivity (Wildman–Crippen MR) is 99.2 cm³/mol. The number of anilines is 1. The molecule has 24 heavy (non-hydrogen) atoms. The van der Waals surface area contributed by atoms with Crippen LogP contribution in [0.5, 0.6) is 0 Å². The van der Waals surface area contributed by atoms with E-state index < -0.39 is 0 Å². The van der Waals surface area contributed by atoms with E-state index in [-0.39, 0.29) is 5.91 Å². The summed E-state index contributed by atoms with van der Waals surface area (Å²) in [6.07, 6.45) is 5.56. The van der Waals surface area contributed by atoms with Crippen molar-refractivity contribution in [3.8, 4) is 0 Å². The number of nitrogens with one attached hydrogen (secondary N) is 1. The second kappa shape index (κ2) is 7.08. The lowest BCUT2D eigenvalue weighted by atomic mass is 9.89. The van der Waals surface area contributed by atoms with Crippen molar-refractivity contribution >= 4 is 22.9 Å². The molecule has 2 atom stereocenters. The minimum Gasteiger partial charge on any atom is -0.311 e. The van der Waals surface area contributed by atoms with E-state index in [1.165, 1.54) is 18.4 Å². The molecule has 0 saturated carbocycles. The van der Waals surface area contributed by atoms with Gasteiger partial charge in [-0.25, -0.2) is 0 Å². The van der Waals surface area contributed by atoms with Crippen molar-refractivity contribution in [2.75, 3.05) is 4.90 Å². The topological polar surface area (TPSA) is 32.3 Å². The number of para-hydroxylation sites is 1. The molecule has 2 saturated heterocycles. The third-order valence-electron chi connectivity index (χ3n) is 5.32. The molecule has 0 spiro atoms. The Bertz CT molecular complexity index is 658. The fourth-order valence-corrected chi connectivity index (χ4v) is 4.86. The molecule has 2 bridgehead atoms. The first-order chi connectivity index (χ1) is 11.8. The Morgan fingerprint density at radius 1 is 1.12 bits per heavy atom. The van der Waals surface area contributed by atoms with Gasteiger partial charge < -0.3 is 10.2 Å². The minimum absolute atomic E-state index is 0.263. The van der Waals surface area contributed by atoms with Crippen LogP contribution in [-0.4, -0.2) is 18.0 Å². The third kappa shape index (κ3) is 3.55. The van der Waals surface area contributed by atoms with Crippen molar-refractivity contribution < 1.29 is 4.79 Å². The lowest BCUT2D eigenvalue weighted by Crippen LogP contribution is -2.40. The van der Waals surface area contributed by atoms with Crippen molar-refractivity contribution in [1.29, 1.82) is 0 Å². The smallest absolute Gasteiger partial charge is 0.227 e. The highest BCUT2D eigenvalue weighted by molar-refractivity contribution is 7.07. The van der Waals surface area contributed by atoms with E-state index in [4.69, 9.17) is 0 Å². The van der Waals surface area contributed by atoms with Crippen molar-refractivity contribution in [1.82, 2.24) is 5.32 Å². The Labute approximate surface area is 147 Å². The molecule has 3 nitrogen and oxygen atoms in total. The number of thiophene rings is 1. The van der Waals surface area contributed by atoms with Gasteiger partial charge in [0.25, 0.3) is 0 Å². The lowest BCUT2D eigenvalue weighted by molar-refractivity contribution is -0.119. The molecule has 4 heteroatoms. The Morgan fingerprint density at radius 3 is 2.54 bits per heavy atom. The molecule has 1 amide bonds. The summed E-state index contributed by atoms with van der Waals surface area (Å²) in [6.45, 7) is 0.671. The van der Waals surface area contributed by atoms with Gasteiger partial charge in [0, 0.05) is 24.2 Å². The Kier molecular flexibility index (Phi) is 4.67. The lowest BCUT2D eigenvalue weighted by Gasteiger charge is -2.31. The summed E-state index contributed by atoms with van der Waals surface area (Å²) in [7, 11) is 0. The van der Waals surface area contributed by atoms with Crippen molar-refractivity contribution in [2.24, 2.45) is 5.92 Å². The summed E-state index contributed by atoms with van der Waals surface area (Å²) >= 11 is 1.69. The summed E-state index contributed by atoms with van der Waals surface area (Å²) in [5.74, 6) is 0.795. The number of carbonyl (C=O) groups is 1. The molecule has 2 unspecified atom stereocenters. The molecule has 2 aromatic rings. The van der Waals surface area contributed by atoms with Crippen molar-refractivity contribution in [3.63, 3.8) is 0 Å². The Hall–Kier alpha value is -1.65. The molecule has 0 aliphatic carbocycles. The van der Waals surface area contributed by atoms with Gasteiger partial charge >= 0.3 is 0 Å². The first-order valence-electron chi connectivity index (χ1n) is 8.90. The standard InChI is InChI=1S/C20H24N2OS/c23-20(12-16-10-17-6-7-18(11-16)21-17)22(13-15-8-9-24-14-15)19-4-2-1-3-5-19/h1-5,8-9,14,16-18,21H,6-7,10-13H2. The molecule has 2 aliphatic heterocycles. The van der Waals surface area contributed by atoms with Gasteiger partial charge in [-0.2, -0.15) is 11.3 Å². The average Bonchev–Trinajstić information content (AvgIpc) is 3.23. The highest BCUT2D eigenvalue weighted by atomic mass is 32.1. The van der Waals surface area contributed by atoms with Crippen LogP contribution in [0.25, 0.3) is 0 Å². The first-order valence-corrected chi connectivity index (χ1v) is 9.85. The Morgan fingerprint density at radius 2 is 1.88 bits per heavy atom. The normalized spacial score (nSPS) is 25.6. The first kappa shape index (κ1) is 15.9. The van der Waals surface area contributed by atoms with Crippen LogP contribution in [0, 0.1) is 5.92 Å². The number of hydrogen-bond acceptors (Lipinski definition) is 3. The van der Waals surface area contributed by atoms with E-state index >= 15 is 0 Å². The minimum atomic E-state index is 0.263. The van der Waals surface area contributed by atoms with Crippen molar-refractivity contribution in [3.05, 3.63) is 52.7 Å². The number of nitrogens with zero attached hydrogens (tertiary/aromatic N) is 1. The van der Waals surface area contributed by atoms with Gasteiger partial charge in [-0.3, -0.25) is 4.79 Å². The maximum absolute atomic E-state index is 13.1. The van der Waals surface area contributed by atoms with Crippen molar-refractivity contribution in [2.45, 2.75) is 50.7 Å². The third-order valence-corrected chi connectivity index (χ3v) is 6.06. The van der Waals surface area contributed by atoms with Gasteiger partial charge in [0.05, 0.1) is 6.54 Å². The van der Waals surface area contributed by atoms with E-state index in [0.717, 1.165) is 18.5 Å². The molecular weight excluding hydrogens is 316 g/mol. The van der Waals surface area contributed by atoms with Crippen LogP contribution in [0.4, 0.5) is 5.69 Å². The maximum Gasteiger partial charge on any atom is 0.227 e. The van der Waals surface area contributed by atoms with E-state index in [1.54, 1.807) is 11.3 Å². The van der Waals surface area contributed by atoms with Gasteiger partial charge in [-0.05, 0) is 66.1 Å². The van der Waals surface area contributed by atoms with Gasteiger partial charge in [0.15, 0.2) is 0 Å². The van der Waals surface area contributed by atoms with Crippen LogP contribution in [0.15, 0.2) is 47.2 Å². The average molecular weight is 340 g/mol. The van der Waals surface area contributed by atoms with E-state index in [1.807, 2.05) is 35.2 Å². The highest BCUT2D eigenvalue weighted by Crippen LogP contribution is 2.33. The van der Waals surface area contributed by atoms with E-state index in [0.29, 0.717) is 31.0 Å². The van der Waals surface area contributed by atoms with Crippen LogP contribution in [0.3, 0.4) is 0 Å². The van der Waals surface area contributed by atoms with Crippen LogP contribution < -0.4 is 10.2 Å². The molecule has 2 aliphatic rings. The zero-order chi connectivity index (χ0) is 16.4. The van der Waals surface area contributed by atoms with Crippen LogP contribution in [0.2, 0.25) is 0 Å². The van der Waals surface area contributed by atoms with E-state index in [2.05, 4.69) is 22.1 Å². The summed E-state index contributed by atoms with van der Waals surface area (Å²) < 4.78 is 0. The second-order valence-electron chi connectivity index (χ2n) is 7.13. The molecule has 1 aromatic heterocycles. The fourth-order valence-electron chi connectivity index (χ4n) is 4.20. The van der Waals surface area contributed by atoms with Gasteiger partial charge in [0.2, 0.25) is 5.91 Å². The highest BCUT2D eigenvalue weighted by Gasteiger charge is 2.35. The van der Waals surface area contributed by atoms with Crippen LogP contribution >= 0.6 is 11.3 Å². The monoisotopic (exact) mass is 340 g/mol. The summed E-state index contributed by atoms with van der Waals surface area (Å²) in [6, 6.07) is 13.5. The number of hydrogen-bond donors (Lipinski definition) is 1. The molecular formula is C20H24N2OS. The van der Waals surface area contributed by atoms with Gasteiger partial charge in [0.1, 0.15) is 0 Å². The number of amides is 1. The molecule has 126 valence electrons. The quantitative estimate of drug-likeness (QED) is 0.884. The largest absolute Gasteiger partial charge is 0.311 e. The number of rotatable bonds is 5. The zero-order valence-corrected chi connectivity index (χ0v) is 14.7. The number of fused-ring (bicyclic) bond motifs is 2. The fraction of sp³-hybridized carbons (Fsp3) is 0.450. The molecule has 4 rings (SSSR count). The molecule has 1 aromatic carbocycles. The molecule has 1 N–H and O–H groups in total. The van der Waals surface area contributed by atoms with Gasteiger partial charge in [-0.1, -0.05) is 18.2 Å². The SMILES string of the molecule is O=C(CC1CC2CCC(C1)N2)N(Cc1ccsc1)c1ccccc1. The molecule has 3 heterocycles. The Balaban J connectivity index is 1.48. The maximum atomic E-state index is 13.1. The summed E-state index contributed by atoms with van der Waals surface area (Å²) in [5.41, 5.74) is 2.22. The van der Waals surface area contributed by atoms with Crippen LogP contribution in [0.1, 0.15) is 37.7 Å². The number of benzene rings is 1. The molecule has 0 radical (unpaired) electrons. The summed E-state index contributed by atoms with van der Waals surface area (Å²) in [5, 5.41) is 7.88. The zero-order valence-electron chi connectivity index (χ0n) is 13.9. The van der Waals surface area contributed by atoms with Crippen LogP contribution in [-0.2, 0) is 11.3 Å². The second-order valence-corrected chi connectivity index (χ2v) is 7.91. The van der Waals surface area contributed by atoms with Gasteiger partial charge in [-0.15, -0.1) is 0 Å². The number of piperidine rings is 1. The molecule has 2 fully saturated rings. The van der Waals surface area contributed by atoms with E-state index in [9.17, 15) is 4.79 Å². The predicted octanol–water partition coefficient (Wildman–Crippen LogP) is 4.20. The summed E-state index contributed by atoms with van der Waals surface area (Å²) in [4.78, 5) is 15.0. The number of carbonyl (C=O) groups excluding carboxylic acids is 1.